The highest BCUT2D eigenvalue weighted by Gasteiger charge is 2.30. The van der Waals surface area contributed by atoms with Gasteiger partial charge >= 0.3 is 39.5 Å². The number of esters is 4. The van der Waals surface area contributed by atoms with Gasteiger partial charge in [-0.05, 0) is 37.5 Å². The second-order valence-electron chi connectivity index (χ2n) is 26.2. The number of phosphoric acid groups is 2. The Morgan fingerprint density at radius 1 is 0.303 bits per heavy atom. The van der Waals surface area contributed by atoms with E-state index in [0.717, 1.165) is 102 Å². The molecule has 0 saturated heterocycles. The van der Waals surface area contributed by atoms with Crippen molar-refractivity contribution in [1.29, 1.82) is 0 Å². The third kappa shape index (κ3) is 64.6. The van der Waals surface area contributed by atoms with Crippen LogP contribution in [0.2, 0.25) is 0 Å². The summed E-state index contributed by atoms with van der Waals surface area (Å²) in [6.07, 6.45) is 47.8. The summed E-state index contributed by atoms with van der Waals surface area (Å²) >= 11 is 0. The summed E-state index contributed by atoms with van der Waals surface area (Å²) in [6.45, 7) is 9.43. The van der Waals surface area contributed by atoms with E-state index in [0.29, 0.717) is 31.6 Å². The van der Waals surface area contributed by atoms with Gasteiger partial charge in [0.2, 0.25) is 0 Å². The molecule has 0 amide bonds. The van der Waals surface area contributed by atoms with Gasteiger partial charge in [0, 0.05) is 25.7 Å². The van der Waals surface area contributed by atoms with Crippen molar-refractivity contribution in [3.63, 3.8) is 0 Å². The first-order chi connectivity index (χ1) is 42.9. The largest absolute Gasteiger partial charge is 0.472 e. The Morgan fingerprint density at radius 2 is 0.517 bits per heavy atom. The molecule has 528 valence electrons. The van der Waals surface area contributed by atoms with Crippen molar-refractivity contribution >= 4 is 39.5 Å². The fourth-order valence-electron chi connectivity index (χ4n) is 10.6. The van der Waals surface area contributed by atoms with E-state index in [1.54, 1.807) is 0 Å². The number of hydrogen-bond donors (Lipinski definition) is 3. The topological polar surface area (TPSA) is 237 Å². The maximum atomic E-state index is 13.0. The van der Waals surface area contributed by atoms with Gasteiger partial charge in [-0.2, -0.15) is 0 Å². The van der Waals surface area contributed by atoms with Crippen molar-refractivity contribution < 1.29 is 80.2 Å². The lowest BCUT2D eigenvalue weighted by Gasteiger charge is -2.21. The molecule has 0 aromatic heterocycles. The first-order valence-electron chi connectivity index (χ1n) is 36.5. The number of aliphatic hydroxyl groups excluding tert-OH is 1. The standard InChI is InChI=1S/C70H136O17P2/c1-7-9-11-13-14-15-16-23-27-30-35-41-47-53-68(73)81-59-66(87-69(74)54-48-42-36-31-28-25-22-20-18-17-19-21-24-26-29-33-39-44-50-62(3)4)61-85-89(78,79)83-57-64(71)56-82-88(76,77)84-60-65(58-80-67(72)52-46-38-12-10-8-2)86-70(75)55-49-43-37-32-34-40-45-51-63(5)6/h62-66,71H,7-61H2,1-6H3,(H,76,77)(H,78,79)/t64-,65+,66+/m0/s1. The summed E-state index contributed by atoms with van der Waals surface area (Å²) in [5.41, 5.74) is 0. The fourth-order valence-corrected chi connectivity index (χ4v) is 12.2. The maximum absolute atomic E-state index is 13.0. The van der Waals surface area contributed by atoms with Gasteiger partial charge in [-0.3, -0.25) is 37.3 Å². The monoisotopic (exact) mass is 1310 g/mol. The van der Waals surface area contributed by atoms with E-state index in [2.05, 4.69) is 41.5 Å². The SMILES string of the molecule is CCCCCCCCCCCCCCCC(=O)OC[C@H](COP(=O)(O)OC[C@@H](O)COP(=O)(O)OC[C@@H](COC(=O)CCCCCCC)OC(=O)CCCCCCCCCC(C)C)OC(=O)CCCCCCCCCCCCCCCCCCCCC(C)C. The molecule has 0 bridgehead atoms. The molecular weight excluding hydrogens is 1170 g/mol. The molecule has 0 aliphatic rings. The second-order valence-corrected chi connectivity index (χ2v) is 29.1. The molecular formula is C70H136O17P2. The van der Waals surface area contributed by atoms with Gasteiger partial charge in [0.1, 0.15) is 19.3 Å². The third-order valence-corrected chi connectivity index (χ3v) is 18.1. The highest BCUT2D eigenvalue weighted by Crippen LogP contribution is 2.45. The van der Waals surface area contributed by atoms with Crippen LogP contribution in [0.15, 0.2) is 0 Å². The zero-order chi connectivity index (χ0) is 65.7. The van der Waals surface area contributed by atoms with Crippen LogP contribution < -0.4 is 0 Å². The summed E-state index contributed by atoms with van der Waals surface area (Å²) in [4.78, 5) is 72.2. The molecule has 0 rings (SSSR count). The minimum Gasteiger partial charge on any atom is -0.462 e. The molecule has 0 saturated carbocycles. The highest BCUT2D eigenvalue weighted by atomic mass is 31.2. The number of hydrogen-bond acceptors (Lipinski definition) is 15. The number of carbonyl (C=O) groups excluding carboxylic acids is 4. The third-order valence-electron chi connectivity index (χ3n) is 16.2. The van der Waals surface area contributed by atoms with Crippen molar-refractivity contribution in [2.24, 2.45) is 11.8 Å². The van der Waals surface area contributed by atoms with Crippen molar-refractivity contribution in [3.8, 4) is 0 Å². The predicted octanol–water partition coefficient (Wildman–Crippen LogP) is 20.0. The Balaban J connectivity index is 5.11. The molecule has 0 aromatic rings. The van der Waals surface area contributed by atoms with Crippen LogP contribution in [0.4, 0.5) is 0 Å². The fraction of sp³-hybridized carbons (Fsp3) is 0.943. The van der Waals surface area contributed by atoms with Crippen LogP contribution in [0.3, 0.4) is 0 Å². The van der Waals surface area contributed by atoms with E-state index in [4.69, 9.17) is 37.0 Å². The minimum absolute atomic E-state index is 0.103. The first-order valence-corrected chi connectivity index (χ1v) is 39.5. The Labute approximate surface area is 543 Å². The zero-order valence-electron chi connectivity index (χ0n) is 57.7. The number of rotatable bonds is 69. The van der Waals surface area contributed by atoms with E-state index in [-0.39, 0.29) is 25.7 Å². The lowest BCUT2D eigenvalue weighted by molar-refractivity contribution is -0.161. The highest BCUT2D eigenvalue weighted by molar-refractivity contribution is 7.47. The molecule has 5 atom stereocenters. The van der Waals surface area contributed by atoms with Gasteiger partial charge < -0.3 is 33.8 Å². The summed E-state index contributed by atoms with van der Waals surface area (Å²) in [5, 5.41) is 10.5. The van der Waals surface area contributed by atoms with Crippen LogP contribution in [0.5, 0.6) is 0 Å². The predicted molar refractivity (Wildman–Crippen MR) is 358 cm³/mol. The quantitative estimate of drug-likeness (QED) is 0.0222. The smallest absolute Gasteiger partial charge is 0.462 e. The summed E-state index contributed by atoms with van der Waals surface area (Å²) in [6, 6.07) is 0. The van der Waals surface area contributed by atoms with Gasteiger partial charge in [0.05, 0.1) is 26.4 Å². The van der Waals surface area contributed by atoms with Crippen molar-refractivity contribution in [3.05, 3.63) is 0 Å². The Bertz CT molecular complexity index is 1730. The van der Waals surface area contributed by atoms with Crippen molar-refractivity contribution in [1.82, 2.24) is 0 Å². The molecule has 2 unspecified atom stereocenters. The van der Waals surface area contributed by atoms with E-state index in [1.807, 2.05) is 0 Å². The molecule has 89 heavy (non-hydrogen) atoms. The summed E-state index contributed by atoms with van der Waals surface area (Å²) in [5.74, 6) is -0.621. The first kappa shape index (κ1) is 87.1. The summed E-state index contributed by atoms with van der Waals surface area (Å²) < 4.78 is 68.0. The van der Waals surface area contributed by atoms with Crippen LogP contribution in [-0.2, 0) is 65.4 Å². The van der Waals surface area contributed by atoms with Crippen molar-refractivity contribution in [2.75, 3.05) is 39.6 Å². The van der Waals surface area contributed by atoms with Crippen LogP contribution in [0, 0.1) is 11.8 Å². The summed E-state index contributed by atoms with van der Waals surface area (Å²) in [7, 11) is -9.89. The van der Waals surface area contributed by atoms with E-state index < -0.39 is 97.5 Å². The van der Waals surface area contributed by atoms with E-state index in [9.17, 15) is 43.2 Å². The molecule has 0 radical (unpaired) electrons. The number of ether oxygens (including phenoxy) is 4. The maximum Gasteiger partial charge on any atom is 0.472 e. The molecule has 17 nitrogen and oxygen atoms in total. The molecule has 0 aliphatic heterocycles. The van der Waals surface area contributed by atoms with Gasteiger partial charge in [0.15, 0.2) is 12.2 Å². The average molecular weight is 1310 g/mol. The van der Waals surface area contributed by atoms with Crippen molar-refractivity contribution in [2.45, 2.75) is 374 Å². The normalized spacial score (nSPS) is 14.1. The molecule has 0 aliphatic carbocycles. The van der Waals surface area contributed by atoms with Crippen LogP contribution in [-0.4, -0.2) is 96.7 Å². The van der Waals surface area contributed by atoms with Gasteiger partial charge in [-0.25, -0.2) is 9.13 Å². The number of carbonyl (C=O) groups is 4. The second kappa shape index (κ2) is 62.2. The number of unbranched alkanes of at least 4 members (excludes halogenated alkanes) is 39. The Kier molecular flexibility index (Phi) is 60.8. The van der Waals surface area contributed by atoms with Gasteiger partial charge in [-0.1, -0.05) is 305 Å². The Morgan fingerprint density at radius 3 is 0.764 bits per heavy atom. The molecule has 19 heteroatoms. The molecule has 0 spiro atoms. The number of phosphoric ester groups is 2. The molecule has 0 aromatic carbocycles. The minimum atomic E-state index is -4.95. The van der Waals surface area contributed by atoms with E-state index >= 15 is 0 Å². The zero-order valence-corrected chi connectivity index (χ0v) is 59.5. The lowest BCUT2D eigenvalue weighted by Crippen LogP contribution is -2.30. The molecule has 3 N–H and O–H groups in total. The van der Waals surface area contributed by atoms with Crippen LogP contribution >= 0.6 is 15.6 Å². The van der Waals surface area contributed by atoms with Gasteiger partial charge in [0.25, 0.3) is 0 Å². The van der Waals surface area contributed by atoms with E-state index in [1.165, 1.54) is 167 Å². The lowest BCUT2D eigenvalue weighted by atomic mass is 10.0. The van der Waals surface area contributed by atoms with Gasteiger partial charge in [-0.15, -0.1) is 0 Å². The molecule has 0 heterocycles. The molecule has 0 fully saturated rings. The van der Waals surface area contributed by atoms with Crippen LogP contribution in [0.25, 0.3) is 0 Å². The average Bonchev–Trinajstić information content (AvgIpc) is 3.71. The Hall–Kier alpha value is -1.94. The number of aliphatic hydroxyl groups is 1. The van der Waals surface area contributed by atoms with Crippen LogP contribution in [0.1, 0.15) is 356 Å².